The number of amides is 1. The summed E-state index contributed by atoms with van der Waals surface area (Å²) in [4.78, 5) is 15.5. The number of nitrogens with zero attached hydrogens (tertiary/aromatic N) is 3. The van der Waals surface area contributed by atoms with Crippen LogP contribution >= 0.6 is 12.4 Å². The van der Waals surface area contributed by atoms with Gasteiger partial charge in [0.25, 0.3) is 11.8 Å². The third-order valence-electron chi connectivity index (χ3n) is 4.35. The lowest BCUT2D eigenvalue weighted by Crippen LogP contribution is -2.43. The fourth-order valence-electron chi connectivity index (χ4n) is 2.96. The maximum absolute atomic E-state index is 13.4. The van der Waals surface area contributed by atoms with E-state index in [1.807, 2.05) is 6.07 Å². The van der Waals surface area contributed by atoms with E-state index in [-0.39, 0.29) is 49.4 Å². The second-order valence-corrected chi connectivity index (χ2v) is 6.65. The van der Waals surface area contributed by atoms with Crippen molar-refractivity contribution in [1.29, 1.82) is 5.26 Å². The Kier molecular flexibility index (Phi) is 6.13. The number of alkyl halides is 2. The van der Waals surface area contributed by atoms with Gasteiger partial charge < -0.3 is 10.6 Å². The van der Waals surface area contributed by atoms with Gasteiger partial charge in [-0.1, -0.05) is 0 Å². The first-order valence-electron chi connectivity index (χ1n) is 7.45. The fraction of sp³-hybridized carbons (Fsp3) is 0.733. The Morgan fingerprint density at radius 2 is 2.09 bits per heavy atom. The highest BCUT2D eigenvalue weighted by atomic mass is 35.5. The van der Waals surface area contributed by atoms with Gasteiger partial charge in [0, 0.05) is 37.6 Å². The molecule has 2 heterocycles. The third-order valence-corrected chi connectivity index (χ3v) is 4.35. The molecule has 8 heteroatoms. The number of hydrogen-bond acceptors (Lipinski definition) is 4. The van der Waals surface area contributed by atoms with E-state index < -0.39 is 11.5 Å². The SMILES string of the molecule is CC(C)(/C=C(/C#N)C(=O)N1CC[C@H](N)C1)N1CCC(F)(F)C1.Cl. The van der Waals surface area contributed by atoms with Crippen LogP contribution in [0.1, 0.15) is 26.7 Å². The van der Waals surface area contributed by atoms with Gasteiger partial charge in [-0.25, -0.2) is 8.78 Å². The van der Waals surface area contributed by atoms with Crippen molar-refractivity contribution in [3.05, 3.63) is 11.6 Å². The molecule has 2 N–H and O–H groups in total. The lowest BCUT2D eigenvalue weighted by molar-refractivity contribution is -0.125. The number of carbonyl (C=O) groups excluding carboxylic acids is 1. The van der Waals surface area contributed by atoms with Gasteiger partial charge in [-0.2, -0.15) is 5.26 Å². The largest absolute Gasteiger partial charge is 0.336 e. The average Bonchev–Trinajstić information content (AvgIpc) is 3.01. The number of likely N-dealkylation sites (tertiary alicyclic amines) is 2. The quantitative estimate of drug-likeness (QED) is 0.620. The van der Waals surface area contributed by atoms with Crippen LogP contribution in [0.2, 0.25) is 0 Å². The highest BCUT2D eigenvalue weighted by Crippen LogP contribution is 2.33. The summed E-state index contributed by atoms with van der Waals surface area (Å²) in [6.45, 7) is 4.35. The Hall–Kier alpha value is -1.23. The Morgan fingerprint density at radius 1 is 1.43 bits per heavy atom. The van der Waals surface area contributed by atoms with Crippen molar-refractivity contribution in [2.24, 2.45) is 5.73 Å². The van der Waals surface area contributed by atoms with Crippen LogP contribution in [-0.2, 0) is 4.79 Å². The average molecular weight is 349 g/mol. The molecule has 23 heavy (non-hydrogen) atoms. The standard InChI is InChI=1S/C15H22F2N4O.ClH/c1-14(2,21-6-4-15(16,17)10-21)7-11(8-18)13(22)20-5-3-12(19)9-20;/h7,12H,3-6,9-10,19H2,1-2H3;1H/b11-7-;/t12-;/m0./s1. The normalized spacial score (nSPS) is 25.1. The number of hydrogen-bond donors (Lipinski definition) is 1. The molecule has 1 amide bonds. The van der Waals surface area contributed by atoms with E-state index in [1.54, 1.807) is 23.6 Å². The third kappa shape index (κ3) is 4.63. The highest BCUT2D eigenvalue weighted by Gasteiger charge is 2.43. The minimum Gasteiger partial charge on any atom is -0.336 e. The van der Waals surface area contributed by atoms with Gasteiger partial charge in [-0.15, -0.1) is 12.4 Å². The Labute approximate surface area is 141 Å². The van der Waals surface area contributed by atoms with E-state index in [0.29, 0.717) is 19.5 Å². The fourth-order valence-corrected chi connectivity index (χ4v) is 2.96. The summed E-state index contributed by atoms with van der Waals surface area (Å²) in [5.74, 6) is -3.07. The van der Waals surface area contributed by atoms with Crippen LogP contribution < -0.4 is 5.73 Å². The van der Waals surface area contributed by atoms with Crippen molar-refractivity contribution >= 4 is 18.3 Å². The molecule has 5 nitrogen and oxygen atoms in total. The molecule has 0 spiro atoms. The monoisotopic (exact) mass is 348 g/mol. The lowest BCUT2D eigenvalue weighted by atomic mass is 9.99. The second-order valence-electron chi connectivity index (χ2n) is 6.65. The zero-order valence-electron chi connectivity index (χ0n) is 13.4. The van der Waals surface area contributed by atoms with Crippen molar-refractivity contribution in [2.75, 3.05) is 26.2 Å². The van der Waals surface area contributed by atoms with Gasteiger partial charge in [-0.05, 0) is 26.3 Å². The number of rotatable bonds is 3. The predicted octanol–water partition coefficient (Wildman–Crippen LogP) is 1.54. The number of nitriles is 1. The minimum atomic E-state index is -2.70. The number of halogens is 3. The van der Waals surface area contributed by atoms with Gasteiger partial charge in [0.2, 0.25) is 0 Å². The Bertz CT molecular complexity index is 530. The maximum Gasteiger partial charge on any atom is 0.264 e. The summed E-state index contributed by atoms with van der Waals surface area (Å²) in [6.07, 6.45) is 2.02. The van der Waals surface area contributed by atoms with Crippen LogP contribution in [0.5, 0.6) is 0 Å². The molecule has 2 saturated heterocycles. The van der Waals surface area contributed by atoms with E-state index in [1.165, 1.54) is 6.08 Å². The molecule has 0 bridgehead atoms. The molecular weight excluding hydrogens is 326 g/mol. The molecule has 2 rings (SSSR count). The summed E-state index contributed by atoms with van der Waals surface area (Å²) >= 11 is 0. The molecule has 130 valence electrons. The molecular formula is C15H23ClF2N4O. The van der Waals surface area contributed by atoms with E-state index in [9.17, 15) is 18.8 Å². The first-order valence-corrected chi connectivity index (χ1v) is 7.45. The van der Waals surface area contributed by atoms with Gasteiger partial charge in [0.1, 0.15) is 11.6 Å². The summed E-state index contributed by atoms with van der Waals surface area (Å²) in [5, 5.41) is 9.27. The van der Waals surface area contributed by atoms with Gasteiger partial charge in [0.15, 0.2) is 0 Å². The summed E-state index contributed by atoms with van der Waals surface area (Å²) < 4.78 is 26.8. The van der Waals surface area contributed by atoms with E-state index in [4.69, 9.17) is 5.73 Å². The Balaban J connectivity index is 0.00000264. The van der Waals surface area contributed by atoms with Crippen molar-refractivity contribution in [3.8, 4) is 6.07 Å². The topological polar surface area (TPSA) is 73.4 Å². The van der Waals surface area contributed by atoms with Gasteiger partial charge in [-0.3, -0.25) is 9.69 Å². The maximum atomic E-state index is 13.4. The predicted molar refractivity (Wildman–Crippen MR) is 85.3 cm³/mol. The molecule has 0 saturated carbocycles. The van der Waals surface area contributed by atoms with Crippen LogP contribution in [-0.4, -0.2) is 59.4 Å². The van der Waals surface area contributed by atoms with E-state index in [0.717, 1.165) is 0 Å². The van der Waals surface area contributed by atoms with Crippen molar-refractivity contribution in [3.63, 3.8) is 0 Å². The first kappa shape index (κ1) is 19.8. The smallest absolute Gasteiger partial charge is 0.264 e. The molecule has 0 aromatic carbocycles. The zero-order valence-corrected chi connectivity index (χ0v) is 14.2. The molecule has 0 aromatic rings. The molecule has 2 aliphatic rings. The number of nitrogens with two attached hydrogens (primary N) is 1. The zero-order chi connectivity index (χ0) is 16.5. The summed E-state index contributed by atoms with van der Waals surface area (Å²) in [7, 11) is 0. The van der Waals surface area contributed by atoms with Crippen LogP contribution in [0.25, 0.3) is 0 Å². The van der Waals surface area contributed by atoms with E-state index >= 15 is 0 Å². The van der Waals surface area contributed by atoms with Crippen LogP contribution in [0, 0.1) is 11.3 Å². The van der Waals surface area contributed by atoms with Gasteiger partial charge in [0.05, 0.1) is 6.54 Å². The minimum absolute atomic E-state index is 0. The van der Waals surface area contributed by atoms with Crippen molar-refractivity contribution in [1.82, 2.24) is 9.80 Å². The van der Waals surface area contributed by atoms with Crippen molar-refractivity contribution < 1.29 is 13.6 Å². The Morgan fingerprint density at radius 3 is 2.52 bits per heavy atom. The lowest BCUT2D eigenvalue weighted by Gasteiger charge is -2.33. The molecule has 0 radical (unpaired) electrons. The second kappa shape index (κ2) is 7.12. The van der Waals surface area contributed by atoms with Crippen LogP contribution in [0.3, 0.4) is 0 Å². The molecule has 2 aliphatic heterocycles. The van der Waals surface area contributed by atoms with Crippen LogP contribution in [0.4, 0.5) is 8.78 Å². The van der Waals surface area contributed by atoms with Crippen LogP contribution in [0.15, 0.2) is 11.6 Å². The number of carbonyl (C=O) groups is 1. The molecule has 0 aromatic heterocycles. The van der Waals surface area contributed by atoms with Crippen molar-refractivity contribution in [2.45, 2.75) is 44.2 Å². The first-order chi connectivity index (χ1) is 10.1. The van der Waals surface area contributed by atoms with E-state index in [2.05, 4.69) is 0 Å². The molecule has 1 atom stereocenters. The molecule has 0 unspecified atom stereocenters. The highest BCUT2D eigenvalue weighted by molar-refractivity contribution is 5.97. The molecule has 0 aliphatic carbocycles. The van der Waals surface area contributed by atoms with Gasteiger partial charge >= 0.3 is 0 Å². The molecule has 2 fully saturated rings. The summed E-state index contributed by atoms with van der Waals surface area (Å²) in [5.41, 5.74) is 4.99. The summed E-state index contributed by atoms with van der Waals surface area (Å²) in [6, 6.07) is 1.85.